The van der Waals surface area contributed by atoms with Crippen molar-refractivity contribution in [1.82, 2.24) is 4.90 Å². The number of benzene rings is 2. The molecule has 7 heteroatoms. The third kappa shape index (κ3) is 4.68. The summed E-state index contributed by atoms with van der Waals surface area (Å²) < 4.78 is 18.3. The lowest BCUT2D eigenvalue weighted by Crippen LogP contribution is -2.32. The molecule has 5 nitrogen and oxygen atoms in total. The van der Waals surface area contributed by atoms with Crippen LogP contribution in [0.5, 0.6) is 5.75 Å². The van der Waals surface area contributed by atoms with Crippen molar-refractivity contribution in [3.05, 3.63) is 64.8 Å². The lowest BCUT2D eigenvalue weighted by atomic mass is 10.2. The van der Waals surface area contributed by atoms with Gasteiger partial charge in [0.1, 0.15) is 18.2 Å². The van der Waals surface area contributed by atoms with E-state index in [2.05, 4.69) is 0 Å². The summed E-state index contributed by atoms with van der Waals surface area (Å²) in [6, 6.07) is 13.3. The maximum absolute atomic E-state index is 12.9. The Bertz CT molecular complexity index is 864. The first kappa shape index (κ1) is 19.0. The maximum Gasteiger partial charge on any atom is 0.293 e. The average molecular weight is 386 g/mol. The smallest absolute Gasteiger partial charge is 0.293 e. The number of carbonyl (C=O) groups is 2. The molecule has 1 saturated heterocycles. The Morgan fingerprint density at radius 1 is 1.07 bits per heavy atom. The van der Waals surface area contributed by atoms with Gasteiger partial charge in [0.05, 0.1) is 11.4 Å². The number of ether oxygens (including phenoxy) is 1. The average Bonchev–Trinajstić information content (AvgIpc) is 2.91. The second-order valence-electron chi connectivity index (χ2n) is 6.12. The molecule has 2 aromatic carbocycles. The van der Waals surface area contributed by atoms with E-state index in [1.165, 1.54) is 24.3 Å². The first-order valence-electron chi connectivity index (χ1n) is 8.35. The highest BCUT2D eigenvalue weighted by atomic mass is 32.2. The van der Waals surface area contributed by atoms with Crippen LogP contribution in [0.1, 0.15) is 5.56 Å². The molecule has 0 aliphatic carbocycles. The highest BCUT2D eigenvalue weighted by Crippen LogP contribution is 2.32. The topological polar surface area (TPSA) is 49.9 Å². The van der Waals surface area contributed by atoms with Crippen LogP contribution >= 0.6 is 11.8 Å². The van der Waals surface area contributed by atoms with Crippen molar-refractivity contribution in [1.29, 1.82) is 0 Å². The first-order valence-corrected chi connectivity index (χ1v) is 9.17. The third-order valence-electron chi connectivity index (χ3n) is 3.98. The standard InChI is InChI=1S/C20H19FN2O3S/c1-22(2)16-7-3-14(4-8-16)13-18-19(24)23(20(25)27-18)11-12-26-17-9-5-15(21)6-10-17/h3-10,13H,11-12H2,1-2H3/b18-13-. The summed E-state index contributed by atoms with van der Waals surface area (Å²) in [5.41, 5.74) is 1.91. The van der Waals surface area contributed by atoms with Crippen LogP contribution in [0, 0.1) is 5.82 Å². The fraction of sp³-hybridized carbons (Fsp3) is 0.200. The van der Waals surface area contributed by atoms with Gasteiger partial charge in [-0.2, -0.15) is 0 Å². The van der Waals surface area contributed by atoms with Crippen LogP contribution in [0.15, 0.2) is 53.4 Å². The molecule has 0 aromatic heterocycles. The molecule has 1 fully saturated rings. The summed E-state index contributed by atoms with van der Waals surface area (Å²) in [6.07, 6.45) is 1.71. The van der Waals surface area contributed by atoms with Crippen molar-refractivity contribution >= 4 is 34.7 Å². The van der Waals surface area contributed by atoms with Gasteiger partial charge in [0.25, 0.3) is 11.1 Å². The van der Waals surface area contributed by atoms with Crippen LogP contribution in [0.4, 0.5) is 14.9 Å². The molecule has 3 rings (SSSR count). The Hall–Kier alpha value is -2.80. The Morgan fingerprint density at radius 3 is 2.37 bits per heavy atom. The molecule has 27 heavy (non-hydrogen) atoms. The Kier molecular flexibility index (Phi) is 5.81. The van der Waals surface area contributed by atoms with Crippen molar-refractivity contribution in [2.45, 2.75) is 0 Å². The predicted octanol–water partition coefficient (Wildman–Crippen LogP) is 4.01. The van der Waals surface area contributed by atoms with Gasteiger partial charge in [-0.05, 0) is 59.8 Å². The van der Waals surface area contributed by atoms with Crippen LogP contribution < -0.4 is 9.64 Å². The van der Waals surface area contributed by atoms with Gasteiger partial charge in [-0.25, -0.2) is 4.39 Å². The lowest BCUT2D eigenvalue weighted by molar-refractivity contribution is -0.123. The molecule has 2 amide bonds. The summed E-state index contributed by atoms with van der Waals surface area (Å²) in [5.74, 6) is -0.193. The molecular formula is C20H19FN2O3S. The van der Waals surface area contributed by atoms with E-state index >= 15 is 0 Å². The van der Waals surface area contributed by atoms with Gasteiger partial charge in [-0.1, -0.05) is 12.1 Å². The van der Waals surface area contributed by atoms with Crippen LogP contribution in [0.3, 0.4) is 0 Å². The predicted molar refractivity (Wildman–Crippen MR) is 105 cm³/mol. The number of rotatable bonds is 6. The zero-order valence-corrected chi connectivity index (χ0v) is 15.8. The second-order valence-corrected chi connectivity index (χ2v) is 7.11. The van der Waals surface area contributed by atoms with E-state index in [4.69, 9.17) is 4.74 Å². The van der Waals surface area contributed by atoms with E-state index < -0.39 is 0 Å². The Labute approximate surface area is 161 Å². The van der Waals surface area contributed by atoms with Crippen LogP contribution in [-0.4, -0.2) is 43.3 Å². The van der Waals surface area contributed by atoms with Gasteiger partial charge >= 0.3 is 0 Å². The van der Waals surface area contributed by atoms with Crippen LogP contribution in [-0.2, 0) is 4.79 Å². The number of thioether (sulfide) groups is 1. The highest BCUT2D eigenvalue weighted by Gasteiger charge is 2.34. The molecule has 2 aromatic rings. The summed E-state index contributed by atoms with van der Waals surface area (Å²) in [5, 5.41) is -0.320. The third-order valence-corrected chi connectivity index (χ3v) is 4.89. The Morgan fingerprint density at radius 2 is 1.74 bits per heavy atom. The molecule has 0 N–H and O–H groups in total. The minimum atomic E-state index is -0.350. The monoisotopic (exact) mass is 386 g/mol. The zero-order chi connectivity index (χ0) is 19.4. The van der Waals surface area contributed by atoms with Gasteiger partial charge in [-0.3, -0.25) is 14.5 Å². The van der Waals surface area contributed by atoms with E-state index in [1.54, 1.807) is 6.08 Å². The van der Waals surface area contributed by atoms with Gasteiger partial charge in [0.2, 0.25) is 0 Å². The number of halogens is 1. The molecule has 0 radical (unpaired) electrons. The van der Waals surface area contributed by atoms with Crippen molar-refractivity contribution in [3.63, 3.8) is 0 Å². The molecule has 1 heterocycles. The lowest BCUT2D eigenvalue weighted by Gasteiger charge is -2.13. The van der Waals surface area contributed by atoms with E-state index in [-0.39, 0.29) is 30.1 Å². The summed E-state index contributed by atoms with van der Waals surface area (Å²) >= 11 is 0.918. The fourth-order valence-corrected chi connectivity index (χ4v) is 3.36. The van der Waals surface area contributed by atoms with Crippen molar-refractivity contribution in [3.8, 4) is 5.75 Å². The molecule has 140 valence electrons. The summed E-state index contributed by atoms with van der Waals surface area (Å²) in [7, 11) is 3.91. The van der Waals surface area contributed by atoms with E-state index in [1.807, 2.05) is 43.3 Å². The largest absolute Gasteiger partial charge is 0.492 e. The van der Waals surface area contributed by atoms with Crippen molar-refractivity contribution in [2.24, 2.45) is 0 Å². The molecule has 0 atom stereocenters. The normalized spacial score (nSPS) is 15.5. The number of amides is 2. The fourth-order valence-electron chi connectivity index (χ4n) is 2.50. The van der Waals surface area contributed by atoms with Crippen molar-refractivity contribution in [2.75, 3.05) is 32.1 Å². The quantitative estimate of drug-likeness (QED) is 0.702. The van der Waals surface area contributed by atoms with Gasteiger partial charge in [0.15, 0.2) is 0 Å². The van der Waals surface area contributed by atoms with Gasteiger partial charge < -0.3 is 9.64 Å². The van der Waals surface area contributed by atoms with Crippen LogP contribution in [0.25, 0.3) is 6.08 Å². The van der Waals surface area contributed by atoms with Crippen molar-refractivity contribution < 1.29 is 18.7 Å². The Balaban J connectivity index is 1.61. The number of carbonyl (C=O) groups excluding carboxylic acids is 2. The number of anilines is 1. The summed E-state index contributed by atoms with van der Waals surface area (Å²) in [6.45, 7) is 0.285. The zero-order valence-electron chi connectivity index (χ0n) is 15.0. The molecule has 1 aliphatic heterocycles. The van der Waals surface area contributed by atoms with E-state index in [9.17, 15) is 14.0 Å². The minimum absolute atomic E-state index is 0.138. The molecule has 0 saturated carbocycles. The molecule has 0 spiro atoms. The number of imide groups is 1. The molecule has 1 aliphatic rings. The van der Waals surface area contributed by atoms with Crippen LogP contribution in [0.2, 0.25) is 0 Å². The molecule has 0 unspecified atom stereocenters. The van der Waals surface area contributed by atoms with E-state index in [0.717, 1.165) is 27.9 Å². The first-order chi connectivity index (χ1) is 12.9. The SMILES string of the molecule is CN(C)c1ccc(/C=C2\SC(=O)N(CCOc3ccc(F)cc3)C2=O)cc1. The number of nitrogens with zero attached hydrogens (tertiary/aromatic N) is 2. The molecular weight excluding hydrogens is 367 g/mol. The van der Waals surface area contributed by atoms with Gasteiger partial charge in [0, 0.05) is 19.8 Å². The highest BCUT2D eigenvalue weighted by molar-refractivity contribution is 8.18. The van der Waals surface area contributed by atoms with Gasteiger partial charge in [-0.15, -0.1) is 0 Å². The number of hydrogen-bond acceptors (Lipinski definition) is 5. The molecule has 0 bridgehead atoms. The minimum Gasteiger partial charge on any atom is -0.492 e. The maximum atomic E-state index is 12.9. The second kappa shape index (κ2) is 8.26. The summed E-state index contributed by atoms with van der Waals surface area (Å²) in [4.78, 5) is 28.2. The number of hydrogen-bond donors (Lipinski definition) is 0. The van der Waals surface area contributed by atoms with E-state index in [0.29, 0.717) is 10.7 Å².